The molecule has 5 heteroatoms. The van der Waals surface area contributed by atoms with Gasteiger partial charge in [-0.1, -0.05) is 18.2 Å². The van der Waals surface area contributed by atoms with Crippen molar-refractivity contribution in [2.24, 2.45) is 0 Å². The lowest BCUT2D eigenvalue weighted by molar-refractivity contribution is 0.254. The first-order valence-corrected chi connectivity index (χ1v) is 8.64. The number of nitrogens with one attached hydrogen (secondary N) is 1. The molecule has 2 rings (SSSR count). The van der Waals surface area contributed by atoms with Gasteiger partial charge in [-0.2, -0.15) is 0 Å². The van der Waals surface area contributed by atoms with Crippen molar-refractivity contribution in [3.8, 4) is 5.75 Å². The predicted octanol–water partition coefficient (Wildman–Crippen LogP) is 2.31. The molecule has 1 aliphatic rings. The fourth-order valence-electron chi connectivity index (χ4n) is 2.23. The largest absolute Gasteiger partial charge is 0.493 e. The van der Waals surface area contributed by atoms with Gasteiger partial charge < -0.3 is 10.1 Å². The number of benzene rings is 1. The molecular weight excluding hydrogens is 274 g/mol. The molecule has 1 unspecified atom stereocenters. The van der Waals surface area contributed by atoms with E-state index in [0.717, 1.165) is 17.7 Å². The summed E-state index contributed by atoms with van der Waals surface area (Å²) in [5.41, 5.74) is 1.12. The zero-order chi connectivity index (χ0) is 14.8. The van der Waals surface area contributed by atoms with Gasteiger partial charge in [-0.25, -0.2) is 8.42 Å². The third-order valence-electron chi connectivity index (χ3n) is 3.65. The van der Waals surface area contributed by atoms with E-state index in [1.807, 2.05) is 24.3 Å². The van der Waals surface area contributed by atoms with E-state index < -0.39 is 14.6 Å². The van der Waals surface area contributed by atoms with Crippen LogP contribution in [0.3, 0.4) is 0 Å². The molecule has 4 nitrogen and oxygen atoms in total. The predicted molar refractivity (Wildman–Crippen MR) is 80.8 cm³/mol. The van der Waals surface area contributed by atoms with Crippen molar-refractivity contribution in [3.05, 3.63) is 29.8 Å². The smallest absolute Gasteiger partial charge is 0.156 e. The third-order valence-corrected chi connectivity index (χ3v) is 6.26. The van der Waals surface area contributed by atoms with Crippen LogP contribution in [0.1, 0.15) is 38.8 Å². The van der Waals surface area contributed by atoms with Crippen molar-refractivity contribution in [3.63, 3.8) is 0 Å². The minimum Gasteiger partial charge on any atom is -0.493 e. The van der Waals surface area contributed by atoms with Gasteiger partial charge in [-0.15, -0.1) is 0 Å². The molecule has 20 heavy (non-hydrogen) atoms. The highest BCUT2D eigenvalue weighted by Gasteiger charge is 2.29. The molecule has 1 aromatic carbocycles. The molecule has 1 heterocycles. The molecule has 112 valence electrons. The SMILES string of the molecule is CC(C)(C)S(=O)(=O)CCNC1CCOc2ccccc21. The van der Waals surface area contributed by atoms with Crippen molar-refractivity contribution < 1.29 is 13.2 Å². The average molecular weight is 297 g/mol. The topological polar surface area (TPSA) is 55.4 Å². The lowest BCUT2D eigenvalue weighted by Crippen LogP contribution is -2.36. The molecule has 1 aliphatic heterocycles. The Morgan fingerprint density at radius 1 is 1.30 bits per heavy atom. The molecule has 0 saturated heterocycles. The van der Waals surface area contributed by atoms with Gasteiger partial charge >= 0.3 is 0 Å². The van der Waals surface area contributed by atoms with E-state index in [1.54, 1.807) is 20.8 Å². The average Bonchev–Trinajstić information content (AvgIpc) is 2.37. The van der Waals surface area contributed by atoms with Crippen molar-refractivity contribution in [1.29, 1.82) is 0 Å². The highest BCUT2D eigenvalue weighted by molar-refractivity contribution is 7.92. The highest BCUT2D eigenvalue weighted by atomic mass is 32.2. The molecule has 0 aliphatic carbocycles. The molecule has 0 saturated carbocycles. The maximum absolute atomic E-state index is 12.1. The molecule has 1 aromatic rings. The van der Waals surface area contributed by atoms with Gasteiger partial charge in [-0.3, -0.25) is 0 Å². The quantitative estimate of drug-likeness (QED) is 0.926. The summed E-state index contributed by atoms with van der Waals surface area (Å²) in [6.45, 7) is 6.36. The van der Waals surface area contributed by atoms with Gasteiger partial charge in [0.05, 0.1) is 17.1 Å². The summed E-state index contributed by atoms with van der Waals surface area (Å²) in [5, 5.41) is 3.35. The molecular formula is C15H23NO3S. The Bertz CT molecular complexity index is 561. The standard InChI is InChI=1S/C15H23NO3S/c1-15(2,3)20(17,18)11-9-16-13-8-10-19-14-7-5-4-6-12(13)14/h4-7,13,16H,8-11H2,1-3H3. The molecule has 0 fully saturated rings. The second kappa shape index (κ2) is 5.74. The first-order valence-electron chi connectivity index (χ1n) is 6.99. The fourth-order valence-corrected chi connectivity index (χ4v) is 3.23. The summed E-state index contributed by atoms with van der Waals surface area (Å²) in [7, 11) is -3.07. The molecule has 0 amide bonds. The number of sulfone groups is 1. The first kappa shape index (κ1) is 15.3. The summed E-state index contributed by atoms with van der Waals surface area (Å²) >= 11 is 0. The number of hydrogen-bond donors (Lipinski definition) is 1. The molecule has 1 N–H and O–H groups in total. The van der Waals surface area contributed by atoms with E-state index in [0.29, 0.717) is 13.2 Å². The first-order chi connectivity index (χ1) is 9.31. The fraction of sp³-hybridized carbons (Fsp3) is 0.600. The number of hydrogen-bond acceptors (Lipinski definition) is 4. The van der Waals surface area contributed by atoms with Crippen LogP contribution in [0.5, 0.6) is 5.75 Å². The number of fused-ring (bicyclic) bond motifs is 1. The monoisotopic (exact) mass is 297 g/mol. The van der Waals surface area contributed by atoms with E-state index in [1.165, 1.54) is 0 Å². The van der Waals surface area contributed by atoms with Crippen molar-refractivity contribution >= 4 is 9.84 Å². The second-order valence-electron chi connectivity index (χ2n) is 6.11. The van der Waals surface area contributed by atoms with E-state index in [4.69, 9.17) is 4.74 Å². The summed E-state index contributed by atoms with van der Waals surface area (Å²) in [4.78, 5) is 0. The van der Waals surface area contributed by atoms with Gasteiger partial charge in [-0.05, 0) is 26.8 Å². The normalized spacial score (nSPS) is 19.2. The Labute approximate surface area is 121 Å². The van der Waals surface area contributed by atoms with Crippen LogP contribution in [0, 0.1) is 0 Å². The Morgan fingerprint density at radius 3 is 2.70 bits per heavy atom. The molecule has 1 atom stereocenters. The van der Waals surface area contributed by atoms with Crippen molar-refractivity contribution in [1.82, 2.24) is 5.32 Å². The summed E-state index contributed by atoms with van der Waals surface area (Å²) in [6, 6.07) is 8.09. The van der Waals surface area contributed by atoms with E-state index in [2.05, 4.69) is 5.32 Å². The van der Waals surface area contributed by atoms with Crippen LogP contribution in [0.4, 0.5) is 0 Å². The highest BCUT2D eigenvalue weighted by Crippen LogP contribution is 2.31. The minimum absolute atomic E-state index is 0.163. The number of rotatable bonds is 4. The van der Waals surface area contributed by atoms with Crippen LogP contribution in [-0.4, -0.2) is 32.1 Å². The van der Waals surface area contributed by atoms with Gasteiger partial charge in [0.25, 0.3) is 0 Å². The summed E-state index contributed by atoms with van der Waals surface area (Å²) < 4.78 is 29.1. The van der Waals surface area contributed by atoms with Crippen LogP contribution in [0.2, 0.25) is 0 Å². The molecule has 0 spiro atoms. The van der Waals surface area contributed by atoms with Crippen molar-refractivity contribution in [2.75, 3.05) is 18.9 Å². The zero-order valence-corrected chi connectivity index (χ0v) is 13.2. The van der Waals surface area contributed by atoms with Gasteiger partial charge in [0.15, 0.2) is 9.84 Å². The second-order valence-corrected chi connectivity index (χ2v) is 8.98. The summed E-state index contributed by atoms with van der Waals surface area (Å²) in [6.07, 6.45) is 0.868. The maximum Gasteiger partial charge on any atom is 0.156 e. The van der Waals surface area contributed by atoms with Crippen LogP contribution < -0.4 is 10.1 Å². The lowest BCUT2D eigenvalue weighted by atomic mass is 10.0. The van der Waals surface area contributed by atoms with Crippen LogP contribution in [0.15, 0.2) is 24.3 Å². The van der Waals surface area contributed by atoms with Gasteiger partial charge in [0.1, 0.15) is 5.75 Å². The zero-order valence-electron chi connectivity index (χ0n) is 12.3. The lowest BCUT2D eigenvalue weighted by Gasteiger charge is -2.27. The van der Waals surface area contributed by atoms with E-state index in [9.17, 15) is 8.42 Å². The van der Waals surface area contributed by atoms with E-state index >= 15 is 0 Å². The van der Waals surface area contributed by atoms with E-state index in [-0.39, 0.29) is 11.8 Å². The molecule has 0 bridgehead atoms. The number of ether oxygens (including phenoxy) is 1. The molecule has 0 radical (unpaired) electrons. The van der Waals surface area contributed by atoms with Crippen molar-refractivity contribution in [2.45, 2.75) is 38.0 Å². The Morgan fingerprint density at radius 2 is 2.00 bits per heavy atom. The minimum atomic E-state index is -3.07. The summed E-state index contributed by atoms with van der Waals surface area (Å²) in [5.74, 6) is 1.06. The third kappa shape index (κ3) is 3.33. The van der Waals surface area contributed by atoms with Crippen LogP contribution >= 0.6 is 0 Å². The Balaban J connectivity index is 1.97. The number of para-hydroxylation sites is 1. The molecule has 0 aromatic heterocycles. The Hall–Kier alpha value is -1.07. The Kier molecular flexibility index (Phi) is 4.39. The van der Waals surface area contributed by atoms with Gasteiger partial charge in [0, 0.05) is 24.6 Å². The van der Waals surface area contributed by atoms with Crippen LogP contribution in [-0.2, 0) is 9.84 Å². The van der Waals surface area contributed by atoms with Gasteiger partial charge in [0.2, 0.25) is 0 Å². The maximum atomic E-state index is 12.1. The van der Waals surface area contributed by atoms with Crippen LogP contribution in [0.25, 0.3) is 0 Å².